The van der Waals surface area contributed by atoms with Gasteiger partial charge in [-0.3, -0.25) is 0 Å². The van der Waals surface area contributed by atoms with E-state index in [9.17, 15) is 0 Å². The molecule has 4 spiro atoms. The third-order valence-corrected chi connectivity index (χ3v) is 29.7. The van der Waals surface area contributed by atoms with Crippen LogP contribution < -0.4 is 9.80 Å². The maximum absolute atomic E-state index is 2.56. The highest BCUT2D eigenvalue weighted by molar-refractivity contribution is 5.92. The highest BCUT2D eigenvalue weighted by Crippen LogP contribution is 2.63. The summed E-state index contributed by atoms with van der Waals surface area (Å²) in [6.45, 7) is 14.1. The van der Waals surface area contributed by atoms with Crippen LogP contribution in [0, 0.1) is 27.7 Å². The molecule has 0 heterocycles. The van der Waals surface area contributed by atoms with Gasteiger partial charge in [-0.15, -0.1) is 0 Å². The van der Waals surface area contributed by atoms with Crippen molar-refractivity contribution in [2.24, 2.45) is 0 Å². The molecule has 8 aliphatic carbocycles. The lowest BCUT2D eigenvalue weighted by Gasteiger charge is -2.32. The van der Waals surface area contributed by atoms with Gasteiger partial charge in [0.25, 0.3) is 0 Å². The fourth-order valence-electron chi connectivity index (χ4n) is 24.0. The SMILES string of the molecule is Cc1cc(-c2ccc3c(c2)C2(CCCC2)c2ccccc2-3)ccc1N(c1ccc(C(C)(C)c2ccc(N(c3ccc(-c4ccc5c(c4)C4(CCCC4)c4ccccc4-5)cc3C)c3ccc(-c4ccc5c(c4)C4(CCCC4)c4ccccc4-5)cc3C)cc2)cc1)c1ccc(-c2ccc3c(c2)C2(CCCC2)c2ccccc2-3)cc1C. The van der Waals surface area contributed by atoms with Gasteiger partial charge >= 0.3 is 0 Å². The van der Waals surface area contributed by atoms with Crippen LogP contribution in [-0.4, -0.2) is 0 Å². The Hall–Kier alpha value is -11.3. The highest BCUT2D eigenvalue weighted by atomic mass is 15.2. The molecule has 0 aliphatic heterocycles. The number of hydrogen-bond acceptors (Lipinski definition) is 2. The molecule has 0 unspecified atom stereocenters. The first-order chi connectivity index (χ1) is 55.3. The Kier molecular flexibility index (Phi) is 15.7. The van der Waals surface area contributed by atoms with Crippen molar-refractivity contribution in [3.05, 3.63) is 369 Å². The Morgan fingerprint density at radius 3 is 0.646 bits per heavy atom. The summed E-state index contributed by atoms with van der Waals surface area (Å²) in [5.74, 6) is 0. The topological polar surface area (TPSA) is 6.48 Å². The van der Waals surface area contributed by atoms with E-state index in [1.807, 2.05) is 0 Å². The van der Waals surface area contributed by atoms with Gasteiger partial charge in [0.05, 0.1) is 0 Å². The zero-order valence-electron chi connectivity index (χ0n) is 66.4. The fourth-order valence-corrected chi connectivity index (χ4v) is 24.0. The lowest BCUT2D eigenvalue weighted by molar-refractivity contribution is 0.550. The number of hydrogen-bond donors (Lipinski definition) is 0. The van der Waals surface area contributed by atoms with Crippen LogP contribution in [0.1, 0.15) is 194 Å². The number of fused-ring (bicyclic) bond motifs is 20. The molecule has 0 saturated heterocycles. The molecule has 0 atom stereocenters. The summed E-state index contributed by atoms with van der Waals surface area (Å²) in [6, 6.07) is 114. The summed E-state index contributed by atoms with van der Waals surface area (Å²) in [4.78, 5) is 5.07. The summed E-state index contributed by atoms with van der Waals surface area (Å²) in [7, 11) is 0. The number of rotatable bonds is 12. The van der Waals surface area contributed by atoms with Gasteiger partial charge in [-0.25, -0.2) is 0 Å². The Morgan fingerprint density at radius 1 is 0.212 bits per heavy atom. The van der Waals surface area contributed by atoms with E-state index in [1.165, 1.54) is 292 Å². The third kappa shape index (κ3) is 10.3. The molecule has 22 rings (SSSR count). The van der Waals surface area contributed by atoms with Gasteiger partial charge in [-0.05, 0) is 343 Å². The minimum absolute atomic E-state index is 0.113. The van der Waals surface area contributed by atoms with E-state index in [4.69, 9.17) is 0 Å². The van der Waals surface area contributed by atoms with Crippen molar-refractivity contribution in [1.82, 2.24) is 0 Å². The second kappa shape index (κ2) is 25.9. The van der Waals surface area contributed by atoms with Gasteiger partial charge < -0.3 is 9.80 Å². The number of benzene rings is 14. The van der Waals surface area contributed by atoms with E-state index in [0.29, 0.717) is 0 Å². The maximum atomic E-state index is 2.56. The van der Waals surface area contributed by atoms with Crippen LogP contribution in [0.15, 0.2) is 291 Å². The standard InChI is InChI=1S/C111H98N2/c1-71-63-75(79-31-47-91-87-23-7-11-27-95(87)108(99(91)67-79)55-15-16-56-108)35-51-103(71)112(104-52-36-76(64-72(104)2)80-32-48-92-88-24-8-12-28-96(88)109(100(92)68-80)57-17-18-58-109)85-43-39-83(40-44-85)107(5,6)84-41-45-86(46-42-84)113(105-53-37-77(65-73(105)3)81-33-49-93-89-25-9-13-29-97(89)110(101(93)69-81)59-19-20-60-110)106-54-38-78(66-74(106)4)82-34-50-94-90-26-10-14-30-98(90)111(102(94)70-82)61-21-22-62-111/h7-14,23-54,63-70H,15-22,55-62H2,1-6H3. The van der Waals surface area contributed by atoms with Crippen LogP contribution in [0.3, 0.4) is 0 Å². The van der Waals surface area contributed by atoms with Gasteiger partial charge in [0, 0.05) is 61.2 Å². The van der Waals surface area contributed by atoms with Crippen LogP contribution in [0.2, 0.25) is 0 Å². The first kappa shape index (κ1) is 68.5. The molecule has 8 aliphatic rings. The van der Waals surface area contributed by atoms with Crippen molar-refractivity contribution < 1.29 is 0 Å². The average molecular weight is 1460 g/mol. The van der Waals surface area contributed by atoms with Gasteiger partial charge in [0.1, 0.15) is 0 Å². The van der Waals surface area contributed by atoms with Crippen LogP contribution in [0.4, 0.5) is 34.1 Å². The normalized spacial score (nSPS) is 16.8. The average Bonchev–Trinajstić information content (AvgIpc) is 1.66. The van der Waals surface area contributed by atoms with E-state index >= 15 is 0 Å². The van der Waals surface area contributed by atoms with Crippen molar-refractivity contribution in [2.75, 3.05) is 9.80 Å². The lowest BCUT2D eigenvalue weighted by Crippen LogP contribution is -2.20. The van der Waals surface area contributed by atoms with Crippen LogP contribution >= 0.6 is 0 Å². The van der Waals surface area contributed by atoms with Gasteiger partial charge in [0.15, 0.2) is 0 Å². The van der Waals surface area contributed by atoms with Gasteiger partial charge in [-0.2, -0.15) is 0 Å². The molecule has 0 N–H and O–H groups in total. The molecule has 14 aromatic carbocycles. The first-order valence-corrected chi connectivity index (χ1v) is 42.5. The predicted molar refractivity (Wildman–Crippen MR) is 474 cm³/mol. The maximum Gasteiger partial charge on any atom is 0.0491 e. The second-order valence-corrected chi connectivity index (χ2v) is 35.8. The van der Waals surface area contributed by atoms with E-state index in [1.54, 1.807) is 0 Å². The second-order valence-electron chi connectivity index (χ2n) is 35.8. The molecular weight excluding hydrogens is 1360 g/mol. The van der Waals surface area contributed by atoms with Gasteiger partial charge in [-0.1, -0.05) is 259 Å². The fraction of sp³-hybridized carbons (Fsp3) is 0.243. The van der Waals surface area contributed by atoms with Gasteiger partial charge in [0.2, 0.25) is 0 Å². The molecule has 4 fully saturated rings. The largest absolute Gasteiger partial charge is 0.310 e. The zero-order valence-corrected chi connectivity index (χ0v) is 66.4. The summed E-state index contributed by atoms with van der Waals surface area (Å²) in [5, 5.41) is 0. The molecule has 552 valence electrons. The highest BCUT2D eigenvalue weighted by Gasteiger charge is 2.49. The molecule has 0 radical (unpaired) electrons. The molecule has 14 aromatic rings. The van der Waals surface area contributed by atoms with Crippen molar-refractivity contribution in [1.29, 1.82) is 0 Å². The number of anilines is 6. The summed E-state index contributed by atoms with van der Waals surface area (Å²) in [5.41, 5.74) is 48.5. The van der Waals surface area contributed by atoms with Crippen molar-refractivity contribution in [3.8, 4) is 89.0 Å². The molecule has 2 nitrogen and oxygen atoms in total. The Labute approximate surface area is 669 Å². The molecule has 0 bridgehead atoms. The van der Waals surface area contributed by atoms with E-state index in [0.717, 1.165) is 11.4 Å². The predicted octanol–water partition coefficient (Wildman–Crippen LogP) is 30.2. The lowest BCUT2D eigenvalue weighted by atomic mass is 9.76. The van der Waals surface area contributed by atoms with Crippen LogP contribution in [-0.2, 0) is 27.1 Å². The van der Waals surface area contributed by atoms with Crippen molar-refractivity contribution >= 4 is 34.1 Å². The number of aryl methyl sites for hydroxylation is 4. The van der Waals surface area contributed by atoms with E-state index in [2.05, 4.69) is 343 Å². The molecular formula is C111H98N2. The molecule has 113 heavy (non-hydrogen) atoms. The Balaban J connectivity index is 0.610. The van der Waals surface area contributed by atoms with Crippen LogP contribution in [0.5, 0.6) is 0 Å². The zero-order chi connectivity index (χ0) is 75.7. The van der Waals surface area contributed by atoms with Crippen molar-refractivity contribution in [3.63, 3.8) is 0 Å². The quantitative estimate of drug-likeness (QED) is 0.120. The van der Waals surface area contributed by atoms with Crippen molar-refractivity contribution in [2.45, 2.75) is 171 Å². The Bertz CT molecular complexity index is 5520. The van der Waals surface area contributed by atoms with Crippen LogP contribution in [0.25, 0.3) is 89.0 Å². The van der Waals surface area contributed by atoms with E-state index in [-0.39, 0.29) is 27.1 Å². The molecule has 2 heteroatoms. The third-order valence-electron chi connectivity index (χ3n) is 29.7. The first-order valence-electron chi connectivity index (χ1n) is 42.5. The summed E-state index contributed by atoms with van der Waals surface area (Å²) >= 11 is 0. The minimum Gasteiger partial charge on any atom is -0.310 e. The van der Waals surface area contributed by atoms with E-state index < -0.39 is 0 Å². The number of nitrogens with zero attached hydrogens (tertiary/aromatic N) is 2. The minimum atomic E-state index is -0.331. The molecule has 4 saturated carbocycles. The smallest absolute Gasteiger partial charge is 0.0491 e. The summed E-state index contributed by atoms with van der Waals surface area (Å²) < 4.78 is 0. The summed E-state index contributed by atoms with van der Waals surface area (Å²) in [6.07, 6.45) is 20.1. The molecule has 0 amide bonds. The monoisotopic (exact) mass is 1460 g/mol. The molecule has 0 aromatic heterocycles. The Morgan fingerprint density at radius 2 is 0.416 bits per heavy atom.